The number of piperidine rings is 1. The Kier molecular flexibility index (Phi) is 4.20. The van der Waals surface area contributed by atoms with Crippen molar-refractivity contribution in [2.24, 2.45) is 5.92 Å². The molecule has 0 bridgehead atoms. The van der Waals surface area contributed by atoms with Crippen molar-refractivity contribution in [3.63, 3.8) is 0 Å². The van der Waals surface area contributed by atoms with Gasteiger partial charge in [-0.15, -0.1) is 0 Å². The van der Waals surface area contributed by atoms with Gasteiger partial charge in [0.25, 0.3) is 5.91 Å². The van der Waals surface area contributed by atoms with Crippen LogP contribution in [0.2, 0.25) is 0 Å². The minimum absolute atomic E-state index is 0.0104. The van der Waals surface area contributed by atoms with Crippen LogP contribution >= 0.6 is 0 Å². The first-order chi connectivity index (χ1) is 10.7. The number of aromatic nitrogens is 2. The lowest BCUT2D eigenvalue weighted by Gasteiger charge is -2.32. The van der Waals surface area contributed by atoms with Crippen molar-refractivity contribution in [1.82, 2.24) is 20.4 Å². The Hall–Kier alpha value is -2.21. The van der Waals surface area contributed by atoms with Crippen LogP contribution in [0.1, 0.15) is 23.3 Å². The fraction of sp³-hybridized carbons (Fsp3) is 0.438. The van der Waals surface area contributed by atoms with E-state index in [0.29, 0.717) is 29.9 Å². The van der Waals surface area contributed by atoms with Gasteiger partial charge >= 0.3 is 0 Å². The third-order valence-corrected chi connectivity index (χ3v) is 4.18. The molecule has 0 saturated carbocycles. The average Bonchev–Trinajstić information content (AvgIpc) is 2.55. The summed E-state index contributed by atoms with van der Waals surface area (Å²) >= 11 is 0. The van der Waals surface area contributed by atoms with Crippen LogP contribution in [-0.2, 0) is 0 Å². The van der Waals surface area contributed by atoms with Crippen molar-refractivity contribution in [2.75, 3.05) is 26.7 Å². The van der Waals surface area contributed by atoms with E-state index in [-0.39, 0.29) is 17.0 Å². The molecule has 1 fully saturated rings. The van der Waals surface area contributed by atoms with Gasteiger partial charge in [0.15, 0.2) is 5.69 Å². The molecule has 1 aromatic heterocycles. The van der Waals surface area contributed by atoms with Crippen LogP contribution in [0.4, 0.5) is 0 Å². The number of hydrogen-bond acceptors (Lipinski definition) is 4. The van der Waals surface area contributed by atoms with Crippen molar-refractivity contribution >= 4 is 16.8 Å². The van der Waals surface area contributed by atoms with Crippen LogP contribution < -0.4 is 10.7 Å². The lowest BCUT2D eigenvalue weighted by molar-refractivity contribution is 0.0666. The van der Waals surface area contributed by atoms with Gasteiger partial charge in [-0.3, -0.25) is 14.7 Å². The Morgan fingerprint density at radius 3 is 3.09 bits per heavy atom. The van der Waals surface area contributed by atoms with Crippen LogP contribution in [0.15, 0.2) is 29.1 Å². The van der Waals surface area contributed by atoms with Crippen LogP contribution in [0, 0.1) is 5.92 Å². The summed E-state index contributed by atoms with van der Waals surface area (Å²) in [5.74, 6) is 0.162. The van der Waals surface area contributed by atoms with E-state index in [4.69, 9.17) is 0 Å². The van der Waals surface area contributed by atoms with Gasteiger partial charge in [-0.1, -0.05) is 12.1 Å². The number of likely N-dealkylation sites (tertiary alicyclic amines) is 1. The molecule has 22 heavy (non-hydrogen) atoms. The first-order valence-corrected chi connectivity index (χ1v) is 7.62. The largest absolute Gasteiger partial charge is 0.337 e. The van der Waals surface area contributed by atoms with E-state index in [0.717, 1.165) is 19.4 Å². The first kappa shape index (κ1) is 14.7. The van der Waals surface area contributed by atoms with Gasteiger partial charge in [-0.2, -0.15) is 5.10 Å². The summed E-state index contributed by atoms with van der Waals surface area (Å²) in [6, 6.07) is 7.11. The van der Waals surface area contributed by atoms with Crippen molar-refractivity contribution in [3.05, 3.63) is 40.2 Å². The zero-order valence-electron chi connectivity index (χ0n) is 12.6. The number of aromatic amines is 1. The minimum atomic E-state index is -0.296. The quantitative estimate of drug-likeness (QED) is 0.886. The molecular formula is C16H20N4O2. The van der Waals surface area contributed by atoms with E-state index in [9.17, 15) is 9.59 Å². The number of hydrogen-bond donors (Lipinski definition) is 2. The fourth-order valence-corrected chi connectivity index (χ4v) is 3.07. The van der Waals surface area contributed by atoms with E-state index in [1.807, 2.05) is 13.1 Å². The molecule has 2 heterocycles. The molecule has 1 aliphatic rings. The van der Waals surface area contributed by atoms with Crippen LogP contribution in [-0.4, -0.2) is 47.7 Å². The Morgan fingerprint density at radius 2 is 2.27 bits per heavy atom. The molecule has 1 aromatic carbocycles. The molecule has 3 rings (SSSR count). The third kappa shape index (κ3) is 2.74. The average molecular weight is 300 g/mol. The normalized spacial score (nSPS) is 18.6. The summed E-state index contributed by atoms with van der Waals surface area (Å²) < 4.78 is 0. The number of carbonyl (C=O) groups excluding carboxylic acids is 1. The molecule has 2 N–H and O–H groups in total. The van der Waals surface area contributed by atoms with Gasteiger partial charge in [0.1, 0.15) is 0 Å². The monoisotopic (exact) mass is 300 g/mol. The van der Waals surface area contributed by atoms with Crippen molar-refractivity contribution in [3.8, 4) is 0 Å². The van der Waals surface area contributed by atoms with Crippen LogP contribution in [0.3, 0.4) is 0 Å². The zero-order valence-corrected chi connectivity index (χ0v) is 12.6. The molecule has 6 heteroatoms. The predicted molar refractivity (Wildman–Crippen MR) is 84.9 cm³/mol. The third-order valence-electron chi connectivity index (χ3n) is 4.18. The fourth-order valence-electron chi connectivity index (χ4n) is 3.07. The molecular weight excluding hydrogens is 280 g/mol. The van der Waals surface area contributed by atoms with Gasteiger partial charge in [-0.05, 0) is 44.5 Å². The van der Waals surface area contributed by atoms with E-state index in [2.05, 4.69) is 15.5 Å². The summed E-state index contributed by atoms with van der Waals surface area (Å²) in [5, 5.41) is 10.5. The number of rotatable bonds is 3. The second-order valence-corrected chi connectivity index (χ2v) is 5.76. The number of nitrogens with one attached hydrogen (secondary N) is 2. The highest BCUT2D eigenvalue weighted by atomic mass is 16.2. The molecule has 1 atom stereocenters. The Labute approximate surface area is 128 Å². The van der Waals surface area contributed by atoms with Crippen molar-refractivity contribution in [1.29, 1.82) is 0 Å². The maximum Gasteiger partial charge on any atom is 0.278 e. The lowest BCUT2D eigenvalue weighted by atomic mass is 9.97. The van der Waals surface area contributed by atoms with Gasteiger partial charge in [-0.25, -0.2) is 0 Å². The molecule has 116 valence electrons. The Morgan fingerprint density at radius 1 is 1.45 bits per heavy atom. The zero-order chi connectivity index (χ0) is 15.5. The topological polar surface area (TPSA) is 78.1 Å². The smallest absolute Gasteiger partial charge is 0.278 e. The van der Waals surface area contributed by atoms with E-state index >= 15 is 0 Å². The Balaban J connectivity index is 1.89. The summed E-state index contributed by atoms with van der Waals surface area (Å²) in [7, 11) is 1.91. The number of para-hydroxylation sites is 1. The number of nitrogens with zero attached hydrogens (tertiary/aromatic N) is 2. The maximum absolute atomic E-state index is 12.6. The molecule has 1 amide bonds. The number of amides is 1. The minimum Gasteiger partial charge on any atom is -0.337 e. The highest BCUT2D eigenvalue weighted by molar-refractivity contribution is 5.95. The first-order valence-electron chi connectivity index (χ1n) is 7.62. The van der Waals surface area contributed by atoms with Gasteiger partial charge in [0.05, 0.1) is 5.52 Å². The van der Waals surface area contributed by atoms with Crippen molar-refractivity contribution < 1.29 is 4.79 Å². The van der Waals surface area contributed by atoms with Crippen LogP contribution in [0.25, 0.3) is 10.9 Å². The lowest BCUT2D eigenvalue weighted by Crippen LogP contribution is -2.44. The number of H-pyrrole nitrogens is 1. The van der Waals surface area contributed by atoms with Gasteiger partial charge < -0.3 is 10.2 Å². The van der Waals surface area contributed by atoms with E-state index in [1.165, 1.54) is 0 Å². The summed E-state index contributed by atoms with van der Waals surface area (Å²) in [4.78, 5) is 26.9. The molecule has 6 nitrogen and oxygen atoms in total. The Bertz CT molecular complexity index is 738. The molecule has 1 saturated heterocycles. The number of carbonyl (C=O) groups is 1. The predicted octanol–water partition coefficient (Wildman–Crippen LogP) is 0.995. The molecule has 0 spiro atoms. The molecule has 2 aromatic rings. The van der Waals surface area contributed by atoms with Gasteiger partial charge in [0.2, 0.25) is 5.43 Å². The summed E-state index contributed by atoms with van der Waals surface area (Å²) in [6.07, 6.45) is 2.07. The summed E-state index contributed by atoms with van der Waals surface area (Å²) in [6.45, 7) is 2.24. The van der Waals surface area contributed by atoms with E-state index < -0.39 is 0 Å². The second-order valence-electron chi connectivity index (χ2n) is 5.76. The number of benzene rings is 1. The van der Waals surface area contributed by atoms with E-state index in [1.54, 1.807) is 23.1 Å². The van der Waals surface area contributed by atoms with Gasteiger partial charge in [0, 0.05) is 18.5 Å². The molecule has 1 aliphatic heterocycles. The SMILES string of the molecule is CNC[C@@H]1CCCN(C(=O)c2n[nH]c3ccccc3c2=O)C1. The second kappa shape index (κ2) is 6.27. The maximum atomic E-state index is 12.6. The molecule has 0 radical (unpaired) electrons. The van der Waals surface area contributed by atoms with Crippen LogP contribution in [0.5, 0.6) is 0 Å². The highest BCUT2D eigenvalue weighted by Gasteiger charge is 2.27. The van der Waals surface area contributed by atoms with Crippen molar-refractivity contribution in [2.45, 2.75) is 12.8 Å². The molecule has 0 unspecified atom stereocenters. The standard InChI is InChI=1S/C16H20N4O2/c1-17-9-11-5-4-8-20(10-11)16(22)14-15(21)12-6-2-3-7-13(12)18-19-14/h2-3,6-7,11,17H,4-5,8-10H2,1H3,(H,18,21)/t11-/m0/s1. The number of fused-ring (bicyclic) bond motifs is 1. The summed E-state index contributed by atoms with van der Waals surface area (Å²) in [5.41, 5.74) is 0.342. The molecule has 0 aliphatic carbocycles. The highest BCUT2D eigenvalue weighted by Crippen LogP contribution is 2.17.